The predicted molar refractivity (Wildman–Crippen MR) is 107 cm³/mol. The van der Waals surface area contributed by atoms with Crippen LogP contribution in [0, 0.1) is 0 Å². The third-order valence-electron chi connectivity index (χ3n) is 5.12. The Morgan fingerprint density at radius 1 is 1.21 bits per heavy atom. The van der Waals surface area contributed by atoms with Crippen LogP contribution < -0.4 is 5.56 Å². The first-order valence-corrected chi connectivity index (χ1v) is 9.75. The van der Waals surface area contributed by atoms with Crippen molar-refractivity contribution in [1.82, 2.24) is 29.8 Å². The highest BCUT2D eigenvalue weighted by molar-refractivity contribution is 5.53. The summed E-state index contributed by atoms with van der Waals surface area (Å²) < 4.78 is 0. The molecule has 1 unspecified atom stereocenters. The molecule has 0 aromatic carbocycles. The molecule has 7 nitrogen and oxygen atoms in total. The molecule has 3 aromatic rings. The molecule has 1 aliphatic heterocycles. The zero-order valence-electron chi connectivity index (χ0n) is 16.0. The summed E-state index contributed by atoms with van der Waals surface area (Å²) in [6.45, 7) is 4.79. The number of aryl methyl sites for hydroxylation is 1. The maximum Gasteiger partial charge on any atom is 0.251 e. The molecule has 0 aliphatic carbocycles. The molecule has 0 amide bonds. The van der Waals surface area contributed by atoms with Crippen LogP contribution in [-0.2, 0) is 13.0 Å². The molecule has 1 saturated heterocycles. The normalized spacial score (nSPS) is 17.5. The van der Waals surface area contributed by atoms with Crippen LogP contribution in [0.15, 0.2) is 47.8 Å². The average Bonchev–Trinajstić information content (AvgIpc) is 2.75. The van der Waals surface area contributed by atoms with Gasteiger partial charge in [-0.3, -0.25) is 14.7 Å². The lowest BCUT2D eigenvalue weighted by Crippen LogP contribution is -2.34. The fourth-order valence-electron chi connectivity index (χ4n) is 3.68. The van der Waals surface area contributed by atoms with Crippen LogP contribution in [0.1, 0.15) is 42.8 Å². The van der Waals surface area contributed by atoms with Crippen LogP contribution in [0.3, 0.4) is 0 Å². The SMILES string of the molecule is CCc1ncc(CN2CCCC(c3cc(=O)[nH]c(-c4ccncc4)n3)C2)cn1. The van der Waals surface area contributed by atoms with Gasteiger partial charge in [0.05, 0.1) is 5.69 Å². The summed E-state index contributed by atoms with van der Waals surface area (Å²) in [4.78, 5) is 35.0. The van der Waals surface area contributed by atoms with Gasteiger partial charge in [0.1, 0.15) is 11.6 Å². The van der Waals surface area contributed by atoms with Crippen LogP contribution in [0.4, 0.5) is 0 Å². The molecule has 4 rings (SSSR count). The number of nitrogens with one attached hydrogen (secondary N) is 1. The third-order valence-corrected chi connectivity index (χ3v) is 5.12. The summed E-state index contributed by atoms with van der Waals surface area (Å²) in [5, 5.41) is 0. The second kappa shape index (κ2) is 8.39. The van der Waals surface area contributed by atoms with E-state index in [1.807, 2.05) is 24.5 Å². The van der Waals surface area contributed by atoms with Crippen LogP contribution in [0.2, 0.25) is 0 Å². The van der Waals surface area contributed by atoms with Gasteiger partial charge in [-0.05, 0) is 31.5 Å². The molecular weight excluding hydrogens is 352 g/mol. The summed E-state index contributed by atoms with van der Waals surface area (Å²) >= 11 is 0. The predicted octanol–water partition coefficient (Wildman–Crippen LogP) is 2.56. The first-order chi connectivity index (χ1) is 13.7. The molecule has 1 N–H and O–H groups in total. The second-order valence-electron chi connectivity index (χ2n) is 7.19. The molecule has 1 fully saturated rings. The number of rotatable bonds is 5. The number of likely N-dealkylation sites (tertiary alicyclic amines) is 1. The van der Waals surface area contributed by atoms with Gasteiger partial charge in [0.25, 0.3) is 5.56 Å². The minimum Gasteiger partial charge on any atom is -0.307 e. The van der Waals surface area contributed by atoms with Crippen molar-refractivity contribution in [1.29, 1.82) is 0 Å². The molecule has 0 bridgehead atoms. The average molecular weight is 376 g/mol. The van der Waals surface area contributed by atoms with Crippen LogP contribution >= 0.6 is 0 Å². The van der Waals surface area contributed by atoms with Gasteiger partial charge in [-0.25, -0.2) is 15.0 Å². The fourth-order valence-corrected chi connectivity index (χ4v) is 3.68. The summed E-state index contributed by atoms with van der Waals surface area (Å²) in [5.74, 6) is 1.72. The van der Waals surface area contributed by atoms with E-state index in [-0.39, 0.29) is 11.5 Å². The van der Waals surface area contributed by atoms with Gasteiger partial charge in [0, 0.05) is 67.4 Å². The Morgan fingerprint density at radius 3 is 2.75 bits per heavy atom. The number of H-pyrrole nitrogens is 1. The van der Waals surface area contributed by atoms with Gasteiger partial charge in [-0.15, -0.1) is 0 Å². The molecule has 7 heteroatoms. The molecule has 0 saturated carbocycles. The van der Waals surface area contributed by atoms with E-state index < -0.39 is 0 Å². The molecular formula is C21H24N6O. The van der Waals surface area contributed by atoms with Crippen molar-refractivity contribution in [3.8, 4) is 11.4 Å². The molecule has 3 aromatic heterocycles. The summed E-state index contributed by atoms with van der Waals surface area (Å²) in [5.41, 5.74) is 2.74. The maximum atomic E-state index is 12.2. The number of piperidine rings is 1. The van der Waals surface area contributed by atoms with E-state index in [1.165, 1.54) is 0 Å². The molecule has 144 valence electrons. The van der Waals surface area contributed by atoms with E-state index in [4.69, 9.17) is 4.98 Å². The third kappa shape index (κ3) is 4.31. The number of hydrogen-bond acceptors (Lipinski definition) is 6. The monoisotopic (exact) mass is 376 g/mol. The minimum atomic E-state index is -0.113. The summed E-state index contributed by atoms with van der Waals surface area (Å²) in [6.07, 6.45) is 10.2. The van der Waals surface area contributed by atoms with E-state index in [9.17, 15) is 4.79 Å². The quantitative estimate of drug-likeness (QED) is 0.736. The first kappa shape index (κ1) is 18.4. The molecule has 28 heavy (non-hydrogen) atoms. The first-order valence-electron chi connectivity index (χ1n) is 9.75. The van der Waals surface area contributed by atoms with Crippen LogP contribution in [0.25, 0.3) is 11.4 Å². The lowest BCUT2D eigenvalue weighted by atomic mass is 9.94. The summed E-state index contributed by atoms with van der Waals surface area (Å²) in [6, 6.07) is 5.35. The number of hydrogen-bond donors (Lipinski definition) is 1. The van der Waals surface area contributed by atoms with E-state index >= 15 is 0 Å². The standard InChI is InChI=1S/C21H24N6O/c1-2-19-23-11-15(12-24-19)13-27-9-3-4-17(14-27)18-10-20(28)26-21(25-18)16-5-7-22-8-6-16/h5-8,10-12,17H,2-4,9,13-14H2,1H3,(H,25,26,28). The maximum absolute atomic E-state index is 12.2. The largest absolute Gasteiger partial charge is 0.307 e. The van der Waals surface area contributed by atoms with E-state index in [0.717, 1.165) is 61.5 Å². The Labute approximate surface area is 163 Å². The zero-order valence-corrected chi connectivity index (χ0v) is 16.0. The van der Waals surface area contributed by atoms with Crippen molar-refractivity contribution in [2.24, 2.45) is 0 Å². The lowest BCUT2D eigenvalue weighted by Gasteiger charge is -2.32. The number of nitrogens with zero attached hydrogens (tertiary/aromatic N) is 5. The minimum absolute atomic E-state index is 0.113. The van der Waals surface area contributed by atoms with Gasteiger partial charge in [-0.1, -0.05) is 6.92 Å². The van der Waals surface area contributed by atoms with Gasteiger partial charge < -0.3 is 4.98 Å². The van der Waals surface area contributed by atoms with Crippen molar-refractivity contribution in [3.05, 3.63) is 70.4 Å². The fraction of sp³-hybridized carbons (Fsp3) is 0.381. The highest BCUT2D eigenvalue weighted by atomic mass is 16.1. The summed E-state index contributed by atoms with van der Waals surface area (Å²) in [7, 11) is 0. The van der Waals surface area contributed by atoms with Crippen molar-refractivity contribution in [2.75, 3.05) is 13.1 Å². The van der Waals surface area contributed by atoms with Gasteiger partial charge in [0.2, 0.25) is 0 Å². The Balaban J connectivity index is 1.51. The Morgan fingerprint density at radius 2 is 2.00 bits per heavy atom. The number of aromatic nitrogens is 5. The molecule has 1 aliphatic rings. The van der Waals surface area contributed by atoms with E-state index in [2.05, 4.69) is 31.8 Å². The molecule has 4 heterocycles. The van der Waals surface area contributed by atoms with Gasteiger partial charge in [0.15, 0.2) is 0 Å². The number of pyridine rings is 1. The molecule has 1 atom stereocenters. The zero-order chi connectivity index (χ0) is 19.3. The molecule has 0 radical (unpaired) electrons. The second-order valence-corrected chi connectivity index (χ2v) is 7.19. The van der Waals surface area contributed by atoms with Crippen LogP contribution in [0.5, 0.6) is 0 Å². The number of aromatic amines is 1. The van der Waals surface area contributed by atoms with Gasteiger partial charge in [-0.2, -0.15) is 0 Å². The van der Waals surface area contributed by atoms with Crippen molar-refractivity contribution < 1.29 is 0 Å². The Kier molecular flexibility index (Phi) is 5.53. The smallest absolute Gasteiger partial charge is 0.251 e. The molecule has 0 spiro atoms. The van der Waals surface area contributed by atoms with Crippen molar-refractivity contribution in [3.63, 3.8) is 0 Å². The Hall–Kier alpha value is -2.93. The van der Waals surface area contributed by atoms with E-state index in [1.54, 1.807) is 18.5 Å². The topological polar surface area (TPSA) is 87.7 Å². The lowest BCUT2D eigenvalue weighted by molar-refractivity contribution is 0.198. The van der Waals surface area contributed by atoms with Crippen molar-refractivity contribution in [2.45, 2.75) is 38.6 Å². The van der Waals surface area contributed by atoms with Crippen LogP contribution in [-0.4, -0.2) is 42.9 Å². The van der Waals surface area contributed by atoms with Crippen molar-refractivity contribution >= 4 is 0 Å². The van der Waals surface area contributed by atoms with E-state index in [0.29, 0.717) is 5.82 Å². The highest BCUT2D eigenvalue weighted by Gasteiger charge is 2.23. The highest BCUT2D eigenvalue weighted by Crippen LogP contribution is 2.27. The van der Waals surface area contributed by atoms with Gasteiger partial charge >= 0.3 is 0 Å². The Bertz CT molecular complexity index is 970.